The van der Waals surface area contributed by atoms with E-state index in [1.165, 1.54) is 0 Å². The molecule has 0 radical (unpaired) electrons. The van der Waals surface area contributed by atoms with Crippen LogP contribution >= 0.6 is 11.8 Å². The summed E-state index contributed by atoms with van der Waals surface area (Å²) in [7, 11) is 0. The van der Waals surface area contributed by atoms with Crippen LogP contribution < -0.4 is 10.2 Å². The van der Waals surface area contributed by atoms with Gasteiger partial charge in [-0.05, 0) is 43.2 Å². The van der Waals surface area contributed by atoms with E-state index in [9.17, 15) is 9.59 Å². The minimum atomic E-state index is -1.04. The van der Waals surface area contributed by atoms with Gasteiger partial charge in [-0.2, -0.15) is 0 Å². The first-order valence-corrected chi connectivity index (χ1v) is 11.7. The van der Waals surface area contributed by atoms with Gasteiger partial charge >= 0.3 is 6.03 Å². The van der Waals surface area contributed by atoms with Crippen molar-refractivity contribution in [2.75, 3.05) is 22.5 Å². The van der Waals surface area contributed by atoms with Crippen LogP contribution in [0.15, 0.2) is 72.8 Å². The van der Waals surface area contributed by atoms with Crippen molar-refractivity contribution in [2.24, 2.45) is 0 Å². The smallest absolute Gasteiger partial charge is 0.308 e. The van der Waals surface area contributed by atoms with Crippen LogP contribution in [0, 0.1) is 13.8 Å². The summed E-state index contributed by atoms with van der Waals surface area (Å²) in [4.78, 5) is 29.9. The van der Waals surface area contributed by atoms with Gasteiger partial charge in [0.1, 0.15) is 0 Å². The lowest BCUT2D eigenvalue weighted by Crippen LogP contribution is -2.51. The molecule has 32 heavy (non-hydrogen) atoms. The molecule has 3 aromatic carbocycles. The number of carbonyl (C=O) groups excluding carboxylic acids is 2. The van der Waals surface area contributed by atoms with E-state index in [1.807, 2.05) is 85.5 Å². The molecule has 162 valence electrons. The number of anilines is 2. The van der Waals surface area contributed by atoms with Gasteiger partial charge in [0.15, 0.2) is 4.87 Å². The molecule has 0 bridgehead atoms. The lowest BCUT2D eigenvalue weighted by Gasteiger charge is -2.33. The Kier molecular flexibility index (Phi) is 5.18. The van der Waals surface area contributed by atoms with Crippen molar-refractivity contribution < 1.29 is 9.59 Å². The van der Waals surface area contributed by atoms with Crippen molar-refractivity contribution in [3.63, 3.8) is 0 Å². The largest absolute Gasteiger partial charge is 0.323 e. The molecule has 6 heteroatoms. The first kappa shape index (κ1) is 20.6. The normalized spacial score (nSPS) is 19.5. The van der Waals surface area contributed by atoms with Gasteiger partial charge in [0.05, 0.1) is 12.2 Å². The molecule has 5 nitrogen and oxygen atoms in total. The van der Waals surface area contributed by atoms with Gasteiger partial charge < -0.3 is 10.2 Å². The van der Waals surface area contributed by atoms with Crippen LogP contribution in [-0.2, 0) is 16.2 Å². The predicted octanol–water partition coefficient (Wildman–Crippen LogP) is 5.28. The van der Waals surface area contributed by atoms with Crippen LogP contribution in [-0.4, -0.2) is 29.1 Å². The Morgan fingerprint density at radius 3 is 2.56 bits per heavy atom. The molecule has 0 aliphatic carbocycles. The van der Waals surface area contributed by atoms with E-state index < -0.39 is 4.87 Å². The van der Waals surface area contributed by atoms with E-state index in [-0.39, 0.29) is 11.9 Å². The molecule has 1 spiro atoms. The number of hydrogen-bond acceptors (Lipinski definition) is 3. The summed E-state index contributed by atoms with van der Waals surface area (Å²) in [5.74, 6) is 0.656. The monoisotopic (exact) mass is 443 g/mol. The fourth-order valence-corrected chi connectivity index (χ4v) is 6.02. The Bertz CT molecular complexity index is 1200. The zero-order valence-corrected chi connectivity index (χ0v) is 19.0. The third-order valence-electron chi connectivity index (χ3n) is 6.05. The lowest BCUT2D eigenvalue weighted by atomic mass is 10.0. The van der Waals surface area contributed by atoms with Crippen LogP contribution in [0.5, 0.6) is 0 Å². The summed E-state index contributed by atoms with van der Waals surface area (Å²) in [5, 5.41) is 3.01. The number of benzene rings is 3. The number of fused-ring (bicyclic) bond motifs is 2. The highest BCUT2D eigenvalue weighted by molar-refractivity contribution is 8.01. The summed E-state index contributed by atoms with van der Waals surface area (Å²) in [6.07, 6.45) is 0. The van der Waals surface area contributed by atoms with Gasteiger partial charge in [0.2, 0.25) is 0 Å². The molecule has 3 amide bonds. The van der Waals surface area contributed by atoms with Gasteiger partial charge in [-0.3, -0.25) is 9.69 Å². The van der Waals surface area contributed by atoms with Crippen molar-refractivity contribution in [1.82, 2.24) is 4.90 Å². The zero-order chi connectivity index (χ0) is 22.3. The van der Waals surface area contributed by atoms with Gasteiger partial charge in [0.25, 0.3) is 5.91 Å². The minimum absolute atomic E-state index is 0.0520. The van der Waals surface area contributed by atoms with Crippen LogP contribution in [0.4, 0.5) is 16.2 Å². The number of carbonyl (C=O) groups is 2. The lowest BCUT2D eigenvalue weighted by molar-refractivity contribution is -0.123. The highest BCUT2D eigenvalue weighted by Crippen LogP contribution is 2.54. The van der Waals surface area contributed by atoms with Crippen molar-refractivity contribution in [1.29, 1.82) is 0 Å². The standard InChI is InChI=1S/C26H25N3O2S/c1-18-7-6-10-21(15-18)27-25(31)29-13-14-32-26(29)22-16-19(2)11-12-23(22)28(24(26)30)17-20-8-4-3-5-9-20/h3-12,15-16H,13-14,17H2,1-2H3,(H,27,31). The number of amides is 3. The van der Waals surface area contributed by atoms with Crippen LogP contribution in [0.1, 0.15) is 22.3 Å². The second kappa shape index (κ2) is 8.02. The Balaban J connectivity index is 1.54. The van der Waals surface area contributed by atoms with Gasteiger partial charge in [-0.15, -0.1) is 11.8 Å². The highest BCUT2D eigenvalue weighted by Gasteiger charge is 2.59. The zero-order valence-electron chi connectivity index (χ0n) is 18.2. The predicted molar refractivity (Wildman–Crippen MR) is 130 cm³/mol. The molecule has 1 fully saturated rings. The molecular weight excluding hydrogens is 418 g/mol. The number of thioether (sulfide) groups is 1. The summed E-state index contributed by atoms with van der Waals surface area (Å²) in [5.41, 5.74) is 5.72. The van der Waals surface area contributed by atoms with E-state index >= 15 is 0 Å². The van der Waals surface area contributed by atoms with Gasteiger partial charge in [0, 0.05) is 23.5 Å². The van der Waals surface area contributed by atoms with Crippen LogP contribution in [0.2, 0.25) is 0 Å². The SMILES string of the molecule is Cc1cccc(NC(=O)N2CCSC23C(=O)N(Cc2ccccc2)c2ccc(C)cc23)c1. The maximum atomic E-state index is 14.0. The molecule has 0 aromatic heterocycles. The third-order valence-corrected chi connectivity index (χ3v) is 7.47. The summed E-state index contributed by atoms with van der Waals surface area (Å²) in [6.45, 7) is 5.00. The second-order valence-corrected chi connectivity index (χ2v) is 9.63. The molecule has 1 saturated heterocycles. The topological polar surface area (TPSA) is 52.7 Å². The van der Waals surface area contributed by atoms with Crippen molar-refractivity contribution in [3.8, 4) is 0 Å². The number of rotatable bonds is 3. The van der Waals surface area contributed by atoms with E-state index in [2.05, 4.69) is 11.4 Å². The van der Waals surface area contributed by atoms with E-state index in [1.54, 1.807) is 16.7 Å². The van der Waals surface area contributed by atoms with Crippen molar-refractivity contribution >= 4 is 35.1 Å². The molecule has 2 heterocycles. The van der Waals surface area contributed by atoms with Crippen molar-refractivity contribution in [2.45, 2.75) is 25.3 Å². The molecule has 1 atom stereocenters. The fraction of sp³-hybridized carbons (Fsp3) is 0.231. The summed E-state index contributed by atoms with van der Waals surface area (Å²) in [6, 6.07) is 23.5. The third kappa shape index (κ3) is 3.35. The molecule has 2 aliphatic rings. The maximum absolute atomic E-state index is 14.0. The number of aryl methyl sites for hydroxylation is 2. The minimum Gasteiger partial charge on any atom is -0.308 e. The first-order chi connectivity index (χ1) is 15.5. The molecule has 0 saturated carbocycles. The number of nitrogens with one attached hydrogen (secondary N) is 1. The van der Waals surface area contributed by atoms with E-state index in [4.69, 9.17) is 0 Å². The molecule has 2 aliphatic heterocycles. The van der Waals surface area contributed by atoms with E-state index in [0.717, 1.165) is 33.6 Å². The maximum Gasteiger partial charge on any atom is 0.323 e. The highest BCUT2D eigenvalue weighted by atomic mass is 32.2. The molecule has 1 unspecified atom stereocenters. The number of hydrogen-bond donors (Lipinski definition) is 1. The molecule has 3 aromatic rings. The van der Waals surface area contributed by atoms with Crippen molar-refractivity contribution in [3.05, 3.63) is 95.1 Å². The van der Waals surface area contributed by atoms with Crippen LogP contribution in [0.25, 0.3) is 0 Å². The van der Waals surface area contributed by atoms with Crippen LogP contribution in [0.3, 0.4) is 0 Å². The quantitative estimate of drug-likeness (QED) is 0.599. The molecule has 5 rings (SSSR count). The Morgan fingerprint density at radius 1 is 1.00 bits per heavy atom. The second-order valence-electron chi connectivity index (χ2n) is 8.34. The van der Waals surface area contributed by atoms with E-state index in [0.29, 0.717) is 18.8 Å². The number of urea groups is 1. The average Bonchev–Trinajstić information content (AvgIpc) is 3.32. The Labute approximate surface area is 192 Å². The first-order valence-electron chi connectivity index (χ1n) is 10.8. The Morgan fingerprint density at radius 2 is 1.78 bits per heavy atom. The molecule has 1 N–H and O–H groups in total. The number of nitrogens with zero attached hydrogens (tertiary/aromatic N) is 2. The Hall–Kier alpha value is -3.25. The van der Waals surface area contributed by atoms with Gasteiger partial charge in [-0.1, -0.05) is 60.2 Å². The van der Waals surface area contributed by atoms with Gasteiger partial charge in [-0.25, -0.2) is 4.79 Å². The average molecular weight is 444 g/mol. The fourth-order valence-electron chi connectivity index (χ4n) is 4.57. The summed E-state index contributed by atoms with van der Waals surface area (Å²) >= 11 is 1.55. The molecular formula is C26H25N3O2S. The summed E-state index contributed by atoms with van der Waals surface area (Å²) < 4.78 is 0.